The van der Waals surface area contributed by atoms with Crippen molar-refractivity contribution in [2.75, 3.05) is 6.16 Å². The Labute approximate surface area is 240 Å². The summed E-state index contributed by atoms with van der Waals surface area (Å²) in [4.78, 5) is 0. The van der Waals surface area contributed by atoms with Crippen molar-refractivity contribution in [2.45, 2.75) is 83.2 Å². The molecule has 0 spiro atoms. The lowest BCUT2D eigenvalue weighted by Gasteiger charge is -2.43. The number of nitrogens with one attached hydrogen (secondary N) is 1. The van der Waals surface area contributed by atoms with Crippen molar-refractivity contribution < 1.29 is 4.55 Å². The van der Waals surface area contributed by atoms with Crippen LogP contribution in [-0.2, 0) is 16.8 Å². The highest BCUT2D eigenvalue weighted by Gasteiger charge is 2.61. The SMILES string of the molecule is CC1=C(c2ccccc2)[P@]2C[C@@]1(C)C(c1ccccc1)[C@@H]2[C@H](N[S@+]([O-])C(C)(C)C)c1ccc(C(C)(C)C)cc1. The molecular formula is C35H44NOPS. The van der Waals surface area contributed by atoms with Crippen LogP contribution in [0, 0.1) is 5.41 Å². The summed E-state index contributed by atoms with van der Waals surface area (Å²) in [5.74, 6) is 0.356. The van der Waals surface area contributed by atoms with E-state index in [4.69, 9.17) is 0 Å². The van der Waals surface area contributed by atoms with E-state index in [2.05, 4.69) is 145 Å². The first kappa shape index (κ1) is 28.6. The summed E-state index contributed by atoms with van der Waals surface area (Å²) < 4.78 is 17.1. The molecule has 0 saturated carbocycles. The molecular weight excluding hydrogens is 513 g/mol. The molecule has 2 aliphatic heterocycles. The fraction of sp³-hybridized carbons (Fsp3) is 0.429. The van der Waals surface area contributed by atoms with Crippen LogP contribution in [0.25, 0.3) is 5.31 Å². The predicted molar refractivity (Wildman–Crippen MR) is 171 cm³/mol. The van der Waals surface area contributed by atoms with Gasteiger partial charge in [0.05, 0.1) is 6.04 Å². The summed E-state index contributed by atoms with van der Waals surface area (Å²) in [6, 6.07) is 31.3. The number of allylic oxidation sites excluding steroid dienone is 1. The van der Waals surface area contributed by atoms with Gasteiger partial charge in [0, 0.05) is 28.4 Å². The Morgan fingerprint density at radius 3 is 1.97 bits per heavy atom. The smallest absolute Gasteiger partial charge is 0.136 e. The standard InChI is InChI=1S/C35H44NOPS/c1-24-31(27-17-13-10-14-18-27)38-23-35(24,8)29(25-15-11-9-12-16-25)32(38)30(36-39(37)34(5,6)7)26-19-21-28(22-20-26)33(2,3)4/h9-22,29-30,32,36H,23H2,1-8H3/t29?,30-,32-,35-,38+,39-/m1/s1. The van der Waals surface area contributed by atoms with Crippen molar-refractivity contribution in [3.63, 3.8) is 0 Å². The first-order valence-electron chi connectivity index (χ1n) is 14.2. The van der Waals surface area contributed by atoms with Gasteiger partial charge in [-0.15, -0.1) is 4.72 Å². The number of benzene rings is 3. The van der Waals surface area contributed by atoms with E-state index in [1.807, 2.05) is 0 Å². The lowest BCUT2D eigenvalue weighted by Crippen LogP contribution is -2.46. The van der Waals surface area contributed by atoms with Crippen LogP contribution >= 0.6 is 7.92 Å². The predicted octanol–water partition coefficient (Wildman–Crippen LogP) is 9.18. The number of rotatable bonds is 6. The van der Waals surface area contributed by atoms with Crippen molar-refractivity contribution in [3.05, 3.63) is 113 Å². The highest BCUT2D eigenvalue weighted by atomic mass is 32.2. The van der Waals surface area contributed by atoms with Gasteiger partial charge in [-0.25, -0.2) is 0 Å². The van der Waals surface area contributed by atoms with Gasteiger partial charge in [-0.2, -0.15) is 0 Å². The summed E-state index contributed by atoms with van der Waals surface area (Å²) in [6.45, 7) is 17.9. The van der Waals surface area contributed by atoms with Crippen LogP contribution in [0.3, 0.4) is 0 Å². The highest BCUT2D eigenvalue weighted by molar-refractivity contribution is 7.90. The van der Waals surface area contributed by atoms with Crippen LogP contribution in [-0.4, -0.2) is 21.1 Å². The molecule has 1 N–H and O–H groups in total. The molecule has 2 bridgehead atoms. The van der Waals surface area contributed by atoms with Gasteiger partial charge >= 0.3 is 0 Å². The van der Waals surface area contributed by atoms with Gasteiger partial charge in [-0.1, -0.05) is 126 Å². The number of fused-ring (bicyclic) bond motifs is 2. The monoisotopic (exact) mass is 557 g/mol. The summed E-state index contributed by atoms with van der Waals surface area (Å²) in [7, 11) is -0.500. The topological polar surface area (TPSA) is 35.1 Å². The van der Waals surface area contributed by atoms with E-state index in [9.17, 15) is 4.55 Å². The second kappa shape index (κ2) is 10.5. The van der Waals surface area contributed by atoms with Crippen molar-refractivity contribution in [3.8, 4) is 0 Å². The zero-order chi connectivity index (χ0) is 28.2. The van der Waals surface area contributed by atoms with Gasteiger partial charge in [0.15, 0.2) is 0 Å². The second-order valence-electron chi connectivity index (χ2n) is 13.6. The molecule has 0 amide bonds. The summed E-state index contributed by atoms with van der Waals surface area (Å²) >= 11 is -1.19. The molecule has 3 aromatic rings. The Morgan fingerprint density at radius 2 is 1.44 bits per heavy atom. The largest absolute Gasteiger partial charge is 0.598 e. The minimum absolute atomic E-state index is 0.0102. The van der Waals surface area contributed by atoms with E-state index < -0.39 is 19.3 Å². The first-order chi connectivity index (χ1) is 18.3. The molecule has 2 nitrogen and oxygen atoms in total. The molecule has 0 aliphatic carbocycles. The summed E-state index contributed by atoms with van der Waals surface area (Å²) in [5, 5.41) is 1.56. The number of hydrogen-bond acceptors (Lipinski definition) is 2. The van der Waals surface area contributed by atoms with Crippen molar-refractivity contribution in [1.29, 1.82) is 0 Å². The van der Waals surface area contributed by atoms with Gasteiger partial charge in [0.1, 0.15) is 4.75 Å². The Kier molecular flexibility index (Phi) is 7.70. The lowest BCUT2D eigenvalue weighted by molar-refractivity contribution is 0.345. The Morgan fingerprint density at radius 1 is 0.872 bits per heavy atom. The van der Waals surface area contributed by atoms with Crippen LogP contribution < -0.4 is 4.72 Å². The second-order valence-corrected chi connectivity index (χ2v) is 17.9. The first-order valence-corrected chi connectivity index (χ1v) is 16.9. The Balaban J connectivity index is 1.69. The Bertz CT molecular complexity index is 1320. The van der Waals surface area contributed by atoms with Crippen LogP contribution in [0.1, 0.15) is 89.6 Å². The van der Waals surface area contributed by atoms with E-state index in [1.54, 1.807) is 10.9 Å². The molecule has 1 saturated heterocycles. The average molecular weight is 558 g/mol. The van der Waals surface area contributed by atoms with E-state index in [1.165, 1.54) is 28.4 Å². The van der Waals surface area contributed by atoms with Gasteiger partial charge < -0.3 is 4.55 Å². The van der Waals surface area contributed by atoms with Crippen LogP contribution in [0.4, 0.5) is 0 Å². The normalized spacial score (nSPS) is 26.6. The fourth-order valence-corrected chi connectivity index (χ4v) is 12.0. The molecule has 206 valence electrons. The minimum Gasteiger partial charge on any atom is -0.598 e. The zero-order valence-corrected chi connectivity index (χ0v) is 26.5. The maximum absolute atomic E-state index is 13.8. The van der Waals surface area contributed by atoms with Crippen molar-refractivity contribution in [2.24, 2.45) is 5.41 Å². The molecule has 4 heteroatoms. The third-order valence-corrected chi connectivity index (χ3v) is 13.9. The summed E-state index contributed by atoms with van der Waals surface area (Å²) in [5.41, 5.74) is 7.37. The Hall–Kier alpha value is -1.90. The maximum Gasteiger partial charge on any atom is 0.136 e. The molecule has 39 heavy (non-hydrogen) atoms. The van der Waals surface area contributed by atoms with E-state index in [0.717, 1.165) is 0 Å². The van der Waals surface area contributed by atoms with Crippen LogP contribution in [0.15, 0.2) is 90.5 Å². The zero-order valence-electron chi connectivity index (χ0n) is 24.8. The molecule has 6 atom stereocenters. The average Bonchev–Trinajstić information content (AvgIpc) is 3.34. The van der Waals surface area contributed by atoms with Crippen LogP contribution in [0.5, 0.6) is 0 Å². The highest BCUT2D eigenvalue weighted by Crippen LogP contribution is 2.80. The van der Waals surface area contributed by atoms with Gasteiger partial charge in [0.25, 0.3) is 0 Å². The van der Waals surface area contributed by atoms with Crippen molar-refractivity contribution in [1.82, 2.24) is 4.72 Å². The molecule has 0 aromatic heterocycles. The molecule has 1 unspecified atom stereocenters. The molecule has 3 aromatic carbocycles. The van der Waals surface area contributed by atoms with E-state index in [-0.39, 0.29) is 21.6 Å². The van der Waals surface area contributed by atoms with Crippen molar-refractivity contribution >= 4 is 24.6 Å². The lowest BCUT2D eigenvalue weighted by atomic mass is 9.67. The third kappa shape index (κ3) is 5.29. The fourth-order valence-electron chi connectivity index (χ4n) is 6.57. The van der Waals surface area contributed by atoms with Gasteiger partial charge in [-0.05, 0) is 66.8 Å². The molecule has 5 rings (SSSR count). The quantitative estimate of drug-likeness (QED) is 0.242. The molecule has 1 fully saturated rings. The van der Waals surface area contributed by atoms with Gasteiger partial charge in [0.2, 0.25) is 0 Å². The van der Waals surface area contributed by atoms with E-state index >= 15 is 0 Å². The maximum atomic E-state index is 13.8. The third-order valence-electron chi connectivity index (χ3n) is 8.86. The molecule has 2 heterocycles. The number of hydrogen-bond donors (Lipinski definition) is 1. The summed E-state index contributed by atoms with van der Waals surface area (Å²) in [6.07, 6.45) is 1.18. The van der Waals surface area contributed by atoms with Crippen LogP contribution in [0.2, 0.25) is 0 Å². The molecule has 0 radical (unpaired) electrons. The van der Waals surface area contributed by atoms with E-state index in [0.29, 0.717) is 11.6 Å². The molecule has 2 aliphatic rings. The minimum atomic E-state index is -1.19. The van der Waals surface area contributed by atoms with Gasteiger partial charge in [-0.3, -0.25) is 0 Å².